The molecule has 0 aromatic heterocycles. The summed E-state index contributed by atoms with van der Waals surface area (Å²) in [5, 5.41) is 31.4. The zero-order valence-electron chi connectivity index (χ0n) is 17.7. The highest BCUT2D eigenvalue weighted by Gasteiger charge is 2.29. The molecule has 1 rings (SSSR count). The third-order valence-electron chi connectivity index (χ3n) is 4.43. The number of carbonyl (C=O) groups is 3. The molecule has 168 valence electrons. The summed E-state index contributed by atoms with van der Waals surface area (Å²) in [6.45, 7) is 5.40. The van der Waals surface area contributed by atoms with E-state index < -0.39 is 29.7 Å². The number of nitrogens with zero attached hydrogens (tertiary/aromatic N) is 2. The fourth-order valence-electron chi connectivity index (χ4n) is 2.55. The molecular formula is C20H31N3O6S. The summed E-state index contributed by atoms with van der Waals surface area (Å²) in [7, 11) is 1.17. The number of urea groups is 1. The molecule has 0 heterocycles. The van der Waals surface area contributed by atoms with Gasteiger partial charge in [-0.15, -0.1) is 16.8 Å². The van der Waals surface area contributed by atoms with Gasteiger partial charge in [0.2, 0.25) is 5.91 Å². The molecule has 10 heteroatoms. The Morgan fingerprint density at radius 1 is 1.03 bits per heavy atom. The second-order valence-electron chi connectivity index (χ2n) is 7.57. The third-order valence-corrected chi connectivity index (χ3v) is 5.61. The van der Waals surface area contributed by atoms with Crippen molar-refractivity contribution in [1.82, 2.24) is 15.4 Å². The first-order chi connectivity index (χ1) is 14.0. The van der Waals surface area contributed by atoms with Gasteiger partial charge in [0.05, 0.1) is 11.8 Å². The number of hydrogen-bond donors (Lipinski definition) is 4. The first-order valence-electron chi connectivity index (χ1n) is 9.71. The van der Waals surface area contributed by atoms with Crippen LogP contribution in [0.5, 0.6) is 5.75 Å². The van der Waals surface area contributed by atoms with Gasteiger partial charge in [0.15, 0.2) is 0 Å². The number of nitrogens with one attached hydrogen (secondary N) is 1. The van der Waals surface area contributed by atoms with E-state index in [9.17, 15) is 24.7 Å². The standard InChI is InChI=1S/C20H31N3O6S/c1-13(2)5-6-15(12-30-17-9-7-16(24)8-10-17)19(26)23(29)20(27)21-11-14(3)18(25)22(4)28/h7-10,13-15,24,28-29H,5-6,11-12H2,1-4H3,(H,21,27)/t14-,15-/m1/s1. The normalized spacial score (nSPS) is 12.9. The summed E-state index contributed by atoms with van der Waals surface area (Å²) in [6.07, 6.45) is 1.24. The quantitative estimate of drug-likeness (QED) is 0.249. The maximum atomic E-state index is 12.7. The summed E-state index contributed by atoms with van der Waals surface area (Å²) in [4.78, 5) is 37.3. The Bertz CT molecular complexity index is 711. The Kier molecular flexibility index (Phi) is 10.6. The van der Waals surface area contributed by atoms with Crippen molar-refractivity contribution in [3.63, 3.8) is 0 Å². The lowest BCUT2D eigenvalue weighted by molar-refractivity contribution is -0.163. The highest BCUT2D eigenvalue weighted by molar-refractivity contribution is 7.99. The molecule has 0 fully saturated rings. The highest BCUT2D eigenvalue weighted by atomic mass is 32.2. The Labute approximate surface area is 181 Å². The van der Waals surface area contributed by atoms with Crippen LogP contribution < -0.4 is 5.32 Å². The van der Waals surface area contributed by atoms with Crippen LogP contribution in [0.1, 0.15) is 33.6 Å². The minimum atomic E-state index is -1.02. The molecule has 9 nitrogen and oxygen atoms in total. The van der Waals surface area contributed by atoms with Gasteiger partial charge in [-0.05, 0) is 36.6 Å². The molecule has 2 atom stereocenters. The van der Waals surface area contributed by atoms with E-state index in [1.165, 1.54) is 25.7 Å². The van der Waals surface area contributed by atoms with Gasteiger partial charge in [0.1, 0.15) is 5.75 Å². The van der Waals surface area contributed by atoms with Crippen LogP contribution in [0.4, 0.5) is 4.79 Å². The van der Waals surface area contributed by atoms with Crippen LogP contribution in [-0.2, 0) is 9.59 Å². The molecule has 0 unspecified atom stereocenters. The smallest absolute Gasteiger partial charge is 0.348 e. The molecule has 30 heavy (non-hydrogen) atoms. The Morgan fingerprint density at radius 2 is 1.63 bits per heavy atom. The summed E-state index contributed by atoms with van der Waals surface area (Å²) >= 11 is 1.39. The van der Waals surface area contributed by atoms with E-state index in [0.29, 0.717) is 23.2 Å². The van der Waals surface area contributed by atoms with Crippen molar-refractivity contribution < 1.29 is 29.9 Å². The van der Waals surface area contributed by atoms with Crippen LogP contribution in [-0.4, -0.2) is 62.8 Å². The summed E-state index contributed by atoms with van der Waals surface area (Å²) < 4.78 is 0. The van der Waals surface area contributed by atoms with Crippen molar-refractivity contribution >= 4 is 29.6 Å². The minimum Gasteiger partial charge on any atom is -0.508 e. The van der Waals surface area contributed by atoms with E-state index in [1.54, 1.807) is 24.3 Å². The topological polar surface area (TPSA) is 130 Å². The summed E-state index contributed by atoms with van der Waals surface area (Å²) in [5.74, 6) is -1.81. The number of amides is 4. The van der Waals surface area contributed by atoms with Crippen LogP contribution >= 0.6 is 11.8 Å². The predicted octanol–water partition coefficient (Wildman–Crippen LogP) is 2.95. The zero-order valence-corrected chi connectivity index (χ0v) is 18.6. The first-order valence-corrected chi connectivity index (χ1v) is 10.7. The van der Waals surface area contributed by atoms with Gasteiger partial charge in [0, 0.05) is 24.2 Å². The second-order valence-corrected chi connectivity index (χ2v) is 8.67. The maximum Gasteiger partial charge on any atom is 0.348 e. The number of aromatic hydroxyl groups is 1. The average Bonchev–Trinajstić information content (AvgIpc) is 2.71. The maximum absolute atomic E-state index is 12.7. The van der Waals surface area contributed by atoms with Gasteiger partial charge < -0.3 is 10.4 Å². The lowest BCUT2D eigenvalue weighted by atomic mass is 9.98. The van der Waals surface area contributed by atoms with Gasteiger partial charge in [-0.1, -0.05) is 27.2 Å². The molecule has 4 amide bonds. The van der Waals surface area contributed by atoms with Crippen molar-refractivity contribution in [3.05, 3.63) is 24.3 Å². The van der Waals surface area contributed by atoms with Crippen molar-refractivity contribution in [2.75, 3.05) is 19.3 Å². The fraction of sp³-hybridized carbons (Fsp3) is 0.550. The molecule has 0 spiro atoms. The molecule has 0 aliphatic heterocycles. The SMILES string of the molecule is CC(C)CC[C@H](CSc1ccc(O)cc1)C(=O)N(O)C(=O)NC[C@@H](C)C(=O)N(C)O. The number of rotatable bonds is 10. The minimum absolute atomic E-state index is 0.0578. The Morgan fingerprint density at radius 3 is 2.17 bits per heavy atom. The molecule has 0 bridgehead atoms. The van der Waals surface area contributed by atoms with Gasteiger partial charge in [0.25, 0.3) is 5.91 Å². The molecule has 0 radical (unpaired) electrons. The number of phenolic OH excluding ortho intramolecular Hbond substituents is 1. The molecular weight excluding hydrogens is 410 g/mol. The molecule has 1 aromatic carbocycles. The molecule has 0 aliphatic rings. The first kappa shape index (κ1) is 25.7. The Balaban J connectivity index is 2.71. The lowest BCUT2D eigenvalue weighted by Gasteiger charge is -2.22. The number of hydroxylamine groups is 4. The van der Waals surface area contributed by atoms with Crippen LogP contribution in [0.3, 0.4) is 0 Å². The molecule has 0 aliphatic carbocycles. The zero-order chi connectivity index (χ0) is 22.8. The fourth-order valence-corrected chi connectivity index (χ4v) is 3.58. The van der Waals surface area contributed by atoms with Gasteiger partial charge in [-0.3, -0.25) is 20.0 Å². The van der Waals surface area contributed by atoms with E-state index in [1.807, 2.05) is 13.8 Å². The monoisotopic (exact) mass is 441 g/mol. The van der Waals surface area contributed by atoms with Crippen molar-refractivity contribution in [3.8, 4) is 5.75 Å². The Hall–Kier alpha value is -2.30. The average molecular weight is 442 g/mol. The van der Waals surface area contributed by atoms with Crippen molar-refractivity contribution in [1.29, 1.82) is 0 Å². The van der Waals surface area contributed by atoms with Crippen LogP contribution in [0, 0.1) is 17.8 Å². The number of hydrogen-bond acceptors (Lipinski definition) is 7. The number of phenols is 1. The van der Waals surface area contributed by atoms with Crippen molar-refractivity contribution in [2.24, 2.45) is 17.8 Å². The van der Waals surface area contributed by atoms with Gasteiger partial charge in [-0.25, -0.2) is 9.86 Å². The van der Waals surface area contributed by atoms with Gasteiger partial charge in [-0.2, -0.15) is 0 Å². The van der Waals surface area contributed by atoms with Crippen LogP contribution in [0.15, 0.2) is 29.2 Å². The van der Waals surface area contributed by atoms with Gasteiger partial charge >= 0.3 is 6.03 Å². The lowest BCUT2D eigenvalue weighted by Crippen LogP contribution is -2.47. The molecule has 0 saturated heterocycles. The summed E-state index contributed by atoms with van der Waals surface area (Å²) in [6, 6.07) is 5.52. The second kappa shape index (κ2) is 12.4. The largest absolute Gasteiger partial charge is 0.508 e. The van der Waals surface area contributed by atoms with E-state index >= 15 is 0 Å². The number of benzene rings is 1. The molecule has 1 aromatic rings. The third kappa shape index (κ3) is 8.60. The van der Waals surface area contributed by atoms with Crippen molar-refractivity contribution in [2.45, 2.75) is 38.5 Å². The number of thioether (sulfide) groups is 1. The molecule has 4 N–H and O–H groups in total. The van der Waals surface area contributed by atoms with E-state index in [0.717, 1.165) is 11.3 Å². The van der Waals surface area contributed by atoms with Crippen LogP contribution in [0.25, 0.3) is 0 Å². The highest BCUT2D eigenvalue weighted by Crippen LogP contribution is 2.26. The molecule has 0 saturated carbocycles. The number of imide groups is 1. The van der Waals surface area contributed by atoms with Crippen LogP contribution in [0.2, 0.25) is 0 Å². The number of carbonyl (C=O) groups excluding carboxylic acids is 3. The van der Waals surface area contributed by atoms with E-state index in [2.05, 4.69) is 5.32 Å². The van der Waals surface area contributed by atoms with E-state index in [4.69, 9.17) is 5.21 Å². The van der Waals surface area contributed by atoms with E-state index in [-0.39, 0.29) is 17.4 Å². The summed E-state index contributed by atoms with van der Waals surface area (Å²) in [5.41, 5.74) is 0. The predicted molar refractivity (Wildman–Crippen MR) is 112 cm³/mol.